The van der Waals surface area contributed by atoms with Gasteiger partial charge in [-0.3, -0.25) is 4.90 Å². The minimum absolute atomic E-state index is 0.673. The van der Waals surface area contributed by atoms with Crippen LogP contribution in [0.1, 0.15) is 41.8 Å². The van der Waals surface area contributed by atoms with Crippen molar-refractivity contribution in [2.45, 2.75) is 45.2 Å². The molecule has 0 radical (unpaired) electrons. The van der Waals surface area contributed by atoms with Crippen molar-refractivity contribution in [3.05, 3.63) is 34.7 Å². The number of methoxy groups -OCH3 is 1. The Morgan fingerprint density at radius 3 is 2.62 bits per heavy atom. The molecule has 1 aliphatic carbocycles. The van der Waals surface area contributed by atoms with Crippen molar-refractivity contribution in [3.8, 4) is 17.2 Å². The molecule has 0 N–H and O–H groups in total. The van der Waals surface area contributed by atoms with E-state index in [1.807, 2.05) is 12.1 Å². The van der Waals surface area contributed by atoms with E-state index in [0.29, 0.717) is 13.2 Å². The minimum Gasteiger partial charge on any atom is -0.496 e. The summed E-state index contributed by atoms with van der Waals surface area (Å²) in [5.74, 6) is 3.46. The molecule has 2 aliphatic rings. The molecule has 0 spiro atoms. The number of rotatable bonds is 5. The number of hydrogen-bond acceptors (Lipinski definition) is 6. The Morgan fingerprint density at radius 1 is 1.04 bits per heavy atom. The Labute approximate surface area is 154 Å². The van der Waals surface area contributed by atoms with Crippen molar-refractivity contribution in [3.63, 3.8) is 0 Å². The maximum absolute atomic E-state index is 5.82. The molecule has 6 nitrogen and oxygen atoms in total. The van der Waals surface area contributed by atoms with Gasteiger partial charge < -0.3 is 18.7 Å². The van der Waals surface area contributed by atoms with Crippen LogP contribution in [0.4, 0.5) is 0 Å². The molecule has 0 unspecified atom stereocenters. The van der Waals surface area contributed by atoms with Gasteiger partial charge in [0, 0.05) is 43.1 Å². The molecule has 0 bridgehead atoms. The third-order valence-corrected chi connectivity index (χ3v) is 5.04. The predicted octanol–water partition coefficient (Wildman–Crippen LogP) is 3.36. The van der Waals surface area contributed by atoms with E-state index in [9.17, 15) is 0 Å². The summed E-state index contributed by atoms with van der Waals surface area (Å²) in [6, 6.07) is 3.97. The first-order valence-corrected chi connectivity index (χ1v) is 9.36. The van der Waals surface area contributed by atoms with Crippen LogP contribution in [0.2, 0.25) is 0 Å². The molecule has 0 amide bonds. The minimum atomic E-state index is 0.673. The zero-order valence-corrected chi connectivity index (χ0v) is 15.5. The van der Waals surface area contributed by atoms with Gasteiger partial charge in [0.05, 0.1) is 20.3 Å². The van der Waals surface area contributed by atoms with Gasteiger partial charge in [-0.25, -0.2) is 0 Å². The lowest BCUT2D eigenvalue weighted by atomic mass is 9.96. The van der Waals surface area contributed by atoms with Gasteiger partial charge in [-0.05, 0) is 32.4 Å². The average molecular weight is 358 g/mol. The Balaban J connectivity index is 1.51. The summed E-state index contributed by atoms with van der Waals surface area (Å²) in [5.41, 5.74) is 3.46. The van der Waals surface area contributed by atoms with Gasteiger partial charge >= 0.3 is 0 Å². The van der Waals surface area contributed by atoms with Crippen LogP contribution in [-0.2, 0) is 25.9 Å². The molecule has 1 aromatic carbocycles. The highest BCUT2D eigenvalue weighted by atomic mass is 16.5. The smallest absolute Gasteiger partial charge is 0.164 e. The molecule has 1 aromatic heterocycles. The topological polar surface area (TPSA) is 57.0 Å². The van der Waals surface area contributed by atoms with E-state index in [2.05, 4.69) is 17.1 Å². The van der Waals surface area contributed by atoms with Gasteiger partial charge in [-0.1, -0.05) is 5.16 Å². The van der Waals surface area contributed by atoms with Crippen LogP contribution in [-0.4, -0.2) is 37.4 Å². The van der Waals surface area contributed by atoms with Crippen molar-refractivity contribution in [1.29, 1.82) is 0 Å². The van der Waals surface area contributed by atoms with Crippen molar-refractivity contribution in [2.75, 3.05) is 27.4 Å². The van der Waals surface area contributed by atoms with E-state index in [4.69, 9.17) is 18.7 Å². The molecule has 0 fully saturated rings. The molecule has 0 atom stereocenters. The van der Waals surface area contributed by atoms with E-state index < -0.39 is 0 Å². The molecule has 2 aromatic rings. The van der Waals surface area contributed by atoms with Gasteiger partial charge in [0.2, 0.25) is 0 Å². The average Bonchev–Trinajstić information content (AvgIpc) is 2.91. The molecule has 2 heterocycles. The summed E-state index contributed by atoms with van der Waals surface area (Å²) in [7, 11) is 3.78. The SMILES string of the molecule is COc1cc2c(cc1CN(C)Cc1noc3c1CCCC3)OCCCO2. The second-order valence-corrected chi connectivity index (χ2v) is 7.07. The summed E-state index contributed by atoms with van der Waals surface area (Å²) in [6.45, 7) is 2.85. The van der Waals surface area contributed by atoms with E-state index in [-0.39, 0.29) is 0 Å². The van der Waals surface area contributed by atoms with Crippen LogP contribution in [0, 0.1) is 0 Å². The summed E-state index contributed by atoms with van der Waals surface area (Å²) >= 11 is 0. The predicted molar refractivity (Wildman–Crippen MR) is 96.9 cm³/mol. The molecule has 140 valence electrons. The highest BCUT2D eigenvalue weighted by molar-refractivity contribution is 5.51. The molecule has 0 saturated carbocycles. The number of hydrogen-bond donors (Lipinski definition) is 0. The number of aryl methyl sites for hydroxylation is 1. The molecule has 1 aliphatic heterocycles. The number of benzene rings is 1. The summed E-state index contributed by atoms with van der Waals surface area (Å²) in [5, 5.41) is 4.31. The Hall–Kier alpha value is -2.21. The quantitative estimate of drug-likeness (QED) is 0.817. The number of nitrogens with zero attached hydrogens (tertiary/aromatic N) is 2. The molecular formula is C20H26N2O4. The fraction of sp³-hybridized carbons (Fsp3) is 0.550. The lowest BCUT2D eigenvalue weighted by Gasteiger charge is -2.20. The third kappa shape index (κ3) is 3.51. The van der Waals surface area contributed by atoms with Crippen LogP contribution in [0.25, 0.3) is 0 Å². The van der Waals surface area contributed by atoms with Gasteiger partial charge in [-0.15, -0.1) is 0 Å². The Bertz CT molecular complexity index is 771. The zero-order valence-electron chi connectivity index (χ0n) is 15.5. The maximum atomic E-state index is 5.82. The largest absolute Gasteiger partial charge is 0.496 e. The first-order valence-electron chi connectivity index (χ1n) is 9.36. The molecular weight excluding hydrogens is 332 g/mol. The summed E-state index contributed by atoms with van der Waals surface area (Å²) in [4.78, 5) is 2.23. The van der Waals surface area contributed by atoms with Crippen LogP contribution in [0.5, 0.6) is 17.2 Å². The molecule has 0 saturated heterocycles. The highest BCUT2D eigenvalue weighted by Gasteiger charge is 2.21. The normalized spacial score (nSPS) is 16.3. The maximum Gasteiger partial charge on any atom is 0.164 e. The van der Waals surface area contributed by atoms with Crippen molar-refractivity contribution in [1.82, 2.24) is 10.1 Å². The number of fused-ring (bicyclic) bond motifs is 2. The molecule has 26 heavy (non-hydrogen) atoms. The first kappa shape index (κ1) is 17.2. The van der Waals surface area contributed by atoms with Gasteiger partial charge in [-0.2, -0.15) is 0 Å². The number of ether oxygens (including phenoxy) is 3. The van der Waals surface area contributed by atoms with E-state index in [1.54, 1.807) is 7.11 Å². The fourth-order valence-electron chi connectivity index (χ4n) is 3.72. The van der Waals surface area contributed by atoms with Gasteiger partial charge in [0.25, 0.3) is 0 Å². The van der Waals surface area contributed by atoms with Crippen LogP contribution < -0.4 is 14.2 Å². The van der Waals surface area contributed by atoms with E-state index in [1.165, 1.54) is 18.4 Å². The first-order chi connectivity index (χ1) is 12.7. The van der Waals surface area contributed by atoms with Crippen molar-refractivity contribution < 1.29 is 18.7 Å². The number of aromatic nitrogens is 1. The highest BCUT2D eigenvalue weighted by Crippen LogP contribution is 2.37. The zero-order chi connectivity index (χ0) is 17.9. The Kier molecular flexibility index (Phi) is 5.02. The Morgan fingerprint density at radius 2 is 1.81 bits per heavy atom. The van der Waals surface area contributed by atoms with Gasteiger partial charge in [0.1, 0.15) is 17.2 Å². The van der Waals surface area contributed by atoms with E-state index >= 15 is 0 Å². The van der Waals surface area contributed by atoms with Crippen LogP contribution in [0.3, 0.4) is 0 Å². The molecule has 6 heteroatoms. The monoisotopic (exact) mass is 358 g/mol. The fourth-order valence-corrected chi connectivity index (χ4v) is 3.72. The van der Waals surface area contributed by atoms with E-state index in [0.717, 1.165) is 66.6 Å². The van der Waals surface area contributed by atoms with Crippen LogP contribution >= 0.6 is 0 Å². The van der Waals surface area contributed by atoms with Crippen molar-refractivity contribution in [2.24, 2.45) is 0 Å². The molecule has 4 rings (SSSR count). The second-order valence-electron chi connectivity index (χ2n) is 7.07. The summed E-state index contributed by atoms with van der Waals surface area (Å²) in [6.07, 6.45) is 5.41. The third-order valence-electron chi connectivity index (χ3n) is 5.04. The lowest BCUT2D eigenvalue weighted by Crippen LogP contribution is -2.19. The van der Waals surface area contributed by atoms with Gasteiger partial charge in [0.15, 0.2) is 11.5 Å². The van der Waals surface area contributed by atoms with Crippen LogP contribution in [0.15, 0.2) is 16.7 Å². The van der Waals surface area contributed by atoms with Crippen molar-refractivity contribution >= 4 is 0 Å². The second kappa shape index (κ2) is 7.58. The summed E-state index contributed by atoms with van der Waals surface area (Å²) < 4.78 is 22.7. The lowest BCUT2D eigenvalue weighted by molar-refractivity contribution is 0.292. The standard InChI is InChI=1S/C20H26N2O4/c1-22(13-16-15-6-3-4-7-17(15)26-21-16)12-14-10-19-20(11-18(14)23-2)25-9-5-8-24-19/h10-11H,3-9,12-13H2,1-2H3.